The smallest absolute Gasteiger partial charge is 0.0646 e. The highest BCUT2D eigenvalue weighted by Crippen LogP contribution is 2.51. The summed E-state index contributed by atoms with van der Waals surface area (Å²) in [5, 5.41) is 0. The fourth-order valence-corrected chi connectivity index (χ4v) is 1.87. The molecule has 0 aliphatic carbocycles. The summed E-state index contributed by atoms with van der Waals surface area (Å²) >= 11 is 0. The Morgan fingerprint density at radius 2 is 2.00 bits per heavy atom. The van der Waals surface area contributed by atoms with Gasteiger partial charge in [0.25, 0.3) is 0 Å². The van der Waals surface area contributed by atoms with E-state index in [1.165, 1.54) is 12.3 Å². The molecular weight excluding hydrogens is 194 g/mol. The highest BCUT2D eigenvalue weighted by molar-refractivity contribution is 8.29. The molecule has 3 heteroatoms. The Bertz CT molecular complexity index is 341. The molecule has 1 atom stereocenters. The number of aryl methyl sites for hydroxylation is 1. The van der Waals surface area contributed by atoms with Gasteiger partial charge in [0.1, 0.15) is 0 Å². The van der Waals surface area contributed by atoms with Crippen molar-refractivity contribution in [1.29, 1.82) is 0 Å². The van der Waals surface area contributed by atoms with Crippen molar-refractivity contribution in [3.63, 3.8) is 0 Å². The normalized spacial score (nSPS) is 17.6. The Labute approximate surface area is 86.7 Å². The molecule has 1 N–H and O–H groups in total. The third-order valence-corrected chi connectivity index (χ3v) is 3.10. The van der Waals surface area contributed by atoms with Crippen molar-refractivity contribution in [1.82, 2.24) is 0 Å². The highest BCUT2D eigenvalue weighted by Gasteiger charge is 2.14. The van der Waals surface area contributed by atoms with Gasteiger partial charge in [-0.1, -0.05) is 30.4 Å². The number of allylic oxidation sites excluding steroid dienone is 1. The molecule has 2 radical (unpaired) electrons. The van der Waals surface area contributed by atoms with E-state index < -0.39 is 10.5 Å². The average Bonchev–Trinajstić information content (AvgIpc) is 2.16. The van der Waals surface area contributed by atoms with E-state index in [0.717, 1.165) is 5.56 Å². The van der Waals surface area contributed by atoms with E-state index >= 15 is 0 Å². The van der Waals surface area contributed by atoms with Crippen molar-refractivity contribution in [3.8, 4) is 0 Å². The summed E-state index contributed by atoms with van der Waals surface area (Å²) in [4.78, 5) is 0.640. The summed E-state index contributed by atoms with van der Waals surface area (Å²) in [6.07, 6.45) is 8.56. The molecule has 0 heterocycles. The van der Waals surface area contributed by atoms with Gasteiger partial charge in [-0.3, -0.25) is 0 Å². The van der Waals surface area contributed by atoms with Crippen LogP contribution in [0.3, 0.4) is 0 Å². The van der Waals surface area contributed by atoms with Crippen LogP contribution in [0.2, 0.25) is 0 Å². The van der Waals surface area contributed by atoms with Crippen LogP contribution in [-0.4, -0.2) is 10.8 Å². The lowest BCUT2D eigenvalue weighted by atomic mass is 10.2. The summed E-state index contributed by atoms with van der Waals surface area (Å²) in [5.74, 6) is 0. The van der Waals surface area contributed by atoms with Gasteiger partial charge in [-0.05, 0) is 29.6 Å². The first-order valence-corrected chi connectivity index (χ1v) is 5.74. The zero-order valence-electron chi connectivity index (χ0n) is 8.05. The second-order valence-corrected chi connectivity index (χ2v) is 4.76. The minimum Gasteiger partial charge on any atom is -0.327 e. The predicted octanol–water partition coefficient (Wildman–Crippen LogP) is 3.47. The number of hydrogen-bond acceptors (Lipinski definition) is 2. The number of rotatable bonds is 3. The Morgan fingerprint density at radius 1 is 1.43 bits per heavy atom. The number of nitrogens with zero attached hydrogens (tertiary/aromatic N) is 1. The quantitative estimate of drug-likeness (QED) is 0.756. The van der Waals surface area contributed by atoms with Crippen molar-refractivity contribution < 1.29 is 4.55 Å². The molecule has 0 fully saturated rings. The summed E-state index contributed by atoms with van der Waals surface area (Å²) in [5.41, 5.74) is 1.12. The third kappa shape index (κ3) is 2.72. The zero-order chi connectivity index (χ0) is 10.6. The van der Waals surface area contributed by atoms with Gasteiger partial charge in [0.15, 0.2) is 0 Å². The van der Waals surface area contributed by atoms with Crippen LogP contribution in [0.1, 0.15) is 5.56 Å². The maximum atomic E-state index is 9.82. The lowest BCUT2D eigenvalue weighted by Crippen LogP contribution is -1.91. The standard InChI is InChI=1S/C11H13NOS/c1-4-9-12-14(3,13)11-7-5-10(2)6-8-11/h3-9,13H,1H2,2H3/b12-9-. The van der Waals surface area contributed by atoms with Crippen LogP contribution >= 0.6 is 10.5 Å². The molecule has 1 unspecified atom stereocenters. The van der Waals surface area contributed by atoms with E-state index in [1.807, 2.05) is 19.1 Å². The van der Waals surface area contributed by atoms with Crippen LogP contribution in [0.25, 0.3) is 0 Å². The molecule has 0 bridgehead atoms. The summed E-state index contributed by atoms with van der Waals surface area (Å²) in [7, 11) is -2.54. The molecule has 1 aromatic carbocycles. The third-order valence-electron chi connectivity index (χ3n) is 1.69. The Kier molecular flexibility index (Phi) is 3.49. The molecule has 0 aliphatic rings. The van der Waals surface area contributed by atoms with Crippen LogP contribution < -0.4 is 0 Å². The van der Waals surface area contributed by atoms with E-state index in [-0.39, 0.29) is 0 Å². The van der Waals surface area contributed by atoms with Crippen molar-refractivity contribution >= 4 is 16.7 Å². The van der Waals surface area contributed by atoms with Crippen molar-refractivity contribution in [2.75, 3.05) is 0 Å². The Hall–Kier alpha value is -1.06. The van der Waals surface area contributed by atoms with Gasteiger partial charge in [0.05, 0.1) is 6.26 Å². The number of benzene rings is 1. The molecule has 0 aliphatic heterocycles. The molecule has 0 amide bonds. The maximum Gasteiger partial charge on any atom is 0.0646 e. The van der Waals surface area contributed by atoms with Gasteiger partial charge < -0.3 is 4.55 Å². The van der Waals surface area contributed by atoms with Gasteiger partial charge in [-0.25, -0.2) is 4.40 Å². The first-order chi connectivity index (χ1) is 6.56. The first-order valence-electron chi connectivity index (χ1n) is 4.13. The average molecular weight is 207 g/mol. The van der Waals surface area contributed by atoms with Gasteiger partial charge in [0.2, 0.25) is 0 Å². The molecule has 0 saturated carbocycles. The van der Waals surface area contributed by atoms with E-state index in [0.29, 0.717) is 4.90 Å². The zero-order valence-corrected chi connectivity index (χ0v) is 8.87. The van der Waals surface area contributed by atoms with Crippen LogP contribution in [0, 0.1) is 13.2 Å². The lowest BCUT2D eigenvalue weighted by molar-refractivity contribution is 0.636. The van der Waals surface area contributed by atoms with E-state index in [4.69, 9.17) is 6.26 Å². The molecule has 0 aromatic heterocycles. The largest absolute Gasteiger partial charge is 0.327 e. The maximum absolute atomic E-state index is 9.82. The van der Waals surface area contributed by atoms with Gasteiger partial charge in [-0.15, -0.1) is 0 Å². The van der Waals surface area contributed by atoms with Crippen molar-refractivity contribution in [2.45, 2.75) is 11.8 Å². The molecule has 74 valence electrons. The topological polar surface area (TPSA) is 32.6 Å². The fraction of sp³-hybridized carbons (Fsp3) is 0.0909. The van der Waals surface area contributed by atoms with E-state index in [1.54, 1.807) is 12.1 Å². The van der Waals surface area contributed by atoms with Gasteiger partial charge in [0, 0.05) is 11.1 Å². The molecule has 0 saturated heterocycles. The van der Waals surface area contributed by atoms with Crippen molar-refractivity contribution in [2.24, 2.45) is 4.40 Å². The molecule has 2 nitrogen and oxygen atoms in total. The second-order valence-electron chi connectivity index (χ2n) is 2.90. The van der Waals surface area contributed by atoms with E-state index in [9.17, 15) is 4.55 Å². The van der Waals surface area contributed by atoms with Crippen LogP contribution in [0.4, 0.5) is 0 Å². The predicted molar refractivity (Wildman–Crippen MR) is 62.7 cm³/mol. The van der Waals surface area contributed by atoms with Gasteiger partial charge >= 0.3 is 0 Å². The molecule has 0 spiro atoms. The fourth-order valence-electron chi connectivity index (χ4n) is 0.935. The Balaban J connectivity index is 2.97. The Morgan fingerprint density at radius 3 is 2.50 bits per heavy atom. The van der Waals surface area contributed by atoms with Crippen LogP contribution in [0.5, 0.6) is 0 Å². The summed E-state index contributed by atoms with van der Waals surface area (Å²) in [6.45, 7) is 5.44. The van der Waals surface area contributed by atoms with Gasteiger partial charge in [-0.2, -0.15) is 0 Å². The second kappa shape index (κ2) is 4.44. The lowest BCUT2D eigenvalue weighted by Gasteiger charge is -2.23. The van der Waals surface area contributed by atoms with Crippen molar-refractivity contribution in [3.05, 3.63) is 48.7 Å². The SMILES string of the molecule is [CH]S(O)(/N=C\C=C)c1ccc(C)cc1. The number of hydrogen-bond donors (Lipinski definition) is 1. The monoisotopic (exact) mass is 207 g/mol. The van der Waals surface area contributed by atoms with E-state index in [2.05, 4.69) is 11.0 Å². The molecule has 14 heavy (non-hydrogen) atoms. The molecule has 1 aromatic rings. The van der Waals surface area contributed by atoms with Crippen LogP contribution in [-0.2, 0) is 0 Å². The van der Waals surface area contributed by atoms with Crippen LogP contribution in [0.15, 0.2) is 46.2 Å². The summed E-state index contributed by atoms with van der Waals surface area (Å²) in [6, 6.07) is 7.35. The molecular formula is C11H13NOS. The minimum absolute atomic E-state index is 0.640. The summed E-state index contributed by atoms with van der Waals surface area (Å²) < 4.78 is 13.7. The first kappa shape index (κ1) is 11.0. The minimum atomic E-state index is -2.54. The molecule has 1 rings (SSSR count). The highest BCUT2D eigenvalue weighted by atomic mass is 32.3.